The Labute approximate surface area is 95.9 Å². The van der Waals surface area contributed by atoms with Gasteiger partial charge in [-0.25, -0.2) is 0 Å². The van der Waals surface area contributed by atoms with Gasteiger partial charge in [-0.05, 0) is 44.0 Å². The largest absolute Gasteiger partial charge is 0.394 e. The van der Waals surface area contributed by atoms with Crippen molar-refractivity contribution in [1.29, 1.82) is 0 Å². The maximum absolute atomic E-state index is 9.03. The van der Waals surface area contributed by atoms with Crippen LogP contribution in [0.5, 0.6) is 0 Å². The molecular formula is C12H19NOS. The average molecular weight is 225 g/mol. The Hall–Kier alpha value is -0.510. The molecule has 0 aliphatic carbocycles. The van der Waals surface area contributed by atoms with E-state index in [2.05, 4.69) is 32.0 Å². The Kier molecular flexibility index (Phi) is 4.20. The molecule has 0 heterocycles. The van der Waals surface area contributed by atoms with Crippen molar-refractivity contribution >= 4 is 11.8 Å². The van der Waals surface area contributed by atoms with E-state index in [1.807, 2.05) is 6.92 Å². The zero-order valence-corrected chi connectivity index (χ0v) is 10.4. The predicted molar refractivity (Wildman–Crippen MR) is 66.3 cm³/mol. The molecule has 84 valence electrons. The minimum absolute atomic E-state index is 0.0187. The van der Waals surface area contributed by atoms with Crippen LogP contribution in [-0.2, 0) is 0 Å². The standard InChI is InChI=1S/C12H19NOS/c1-9-4-5-11(6-10(9)2)15-8-12(3,13)7-14/h4-6,14H,7-8,13H2,1-3H3. The van der Waals surface area contributed by atoms with Crippen LogP contribution in [-0.4, -0.2) is 23.0 Å². The van der Waals surface area contributed by atoms with Gasteiger partial charge in [-0.3, -0.25) is 0 Å². The van der Waals surface area contributed by atoms with Crippen LogP contribution in [0.4, 0.5) is 0 Å². The first kappa shape index (κ1) is 12.6. The number of thioether (sulfide) groups is 1. The van der Waals surface area contributed by atoms with Crippen molar-refractivity contribution in [3.8, 4) is 0 Å². The number of benzene rings is 1. The van der Waals surface area contributed by atoms with E-state index in [1.165, 1.54) is 16.0 Å². The van der Waals surface area contributed by atoms with Crippen LogP contribution >= 0.6 is 11.8 Å². The first-order valence-electron chi connectivity index (χ1n) is 5.04. The van der Waals surface area contributed by atoms with E-state index >= 15 is 0 Å². The lowest BCUT2D eigenvalue weighted by Crippen LogP contribution is -2.42. The van der Waals surface area contributed by atoms with Crippen molar-refractivity contribution in [2.75, 3.05) is 12.4 Å². The molecule has 0 aliphatic heterocycles. The molecule has 1 atom stereocenters. The SMILES string of the molecule is Cc1ccc(SCC(C)(N)CO)cc1C. The van der Waals surface area contributed by atoms with Gasteiger partial charge in [0.05, 0.1) is 6.61 Å². The second-order valence-electron chi connectivity index (χ2n) is 4.35. The molecule has 0 aromatic heterocycles. The van der Waals surface area contributed by atoms with Crippen LogP contribution in [0.1, 0.15) is 18.1 Å². The molecule has 0 spiro atoms. The van der Waals surface area contributed by atoms with Crippen molar-refractivity contribution in [1.82, 2.24) is 0 Å². The number of nitrogens with two attached hydrogens (primary N) is 1. The van der Waals surface area contributed by atoms with E-state index in [0.717, 1.165) is 5.75 Å². The summed E-state index contributed by atoms with van der Waals surface area (Å²) in [5, 5.41) is 9.03. The molecule has 0 saturated carbocycles. The van der Waals surface area contributed by atoms with Crippen LogP contribution in [0.15, 0.2) is 23.1 Å². The summed E-state index contributed by atoms with van der Waals surface area (Å²) in [4.78, 5) is 1.21. The van der Waals surface area contributed by atoms with Crippen LogP contribution in [0.3, 0.4) is 0 Å². The van der Waals surface area contributed by atoms with E-state index in [9.17, 15) is 0 Å². The molecule has 1 aromatic carbocycles. The van der Waals surface area contributed by atoms with Crippen LogP contribution in [0.2, 0.25) is 0 Å². The lowest BCUT2D eigenvalue weighted by atomic mass is 10.1. The fourth-order valence-corrected chi connectivity index (χ4v) is 2.11. The molecule has 0 saturated heterocycles. The third-order valence-corrected chi connectivity index (χ3v) is 3.80. The molecule has 15 heavy (non-hydrogen) atoms. The van der Waals surface area contributed by atoms with E-state index in [1.54, 1.807) is 11.8 Å². The number of hydrogen-bond acceptors (Lipinski definition) is 3. The van der Waals surface area contributed by atoms with Gasteiger partial charge in [0.25, 0.3) is 0 Å². The summed E-state index contributed by atoms with van der Waals surface area (Å²) in [6.07, 6.45) is 0. The predicted octanol–water partition coefficient (Wildman–Crippen LogP) is 2.11. The van der Waals surface area contributed by atoms with Gasteiger partial charge < -0.3 is 10.8 Å². The minimum atomic E-state index is -0.497. The maximum atomic E-state index is 9.03. The zero-order chi connectivity index (χ0) is 11.5. The second kappa shape index (κ2) is 5.01. The lowest BCUT2D eigenvalue weighted by molar-refractivity contribution is 0.224. The lowest BCUT2D eigenvalue weighted by Gasteiger charge is -2.20. The fraction of sp³-hybridized carbons (Fsp3) is 0.500. The number of aryl methyl sites for hydroxylation is 2. The van der Waals surface area contributed by atoms with Gasteiger partial charge in [0, 0.05) is 16.2 Å². The first-order valence-corrected chi connectivity index (χ1v) is 6.03. The molecule has 0 bridgehead atoms. The normalized spacial score (nSPS) is 15.0. The Bertz CT molecular complexity index is 336. The third kappa shape index (κ3) is 3.86. The molecule has 1 rings (SSSR count). The molecule has 1 aromatic rings. The Morgan fingerprint density at radius 3 is 2.53 bits per heavy atom. The monoisotopic (exact) mass is 225 g/mol. The minimum Gasteiger partial charge on any atom is -0.394 e. The third-order valence-electron chi connectivity index (χ3n) is 2.41. The summed E-state index contributed by atoms with van der Waals surface area (Å²) in [6, 6.07) is 6.37. The zero-order valence-electron chi connectivity index (χ0n) is 9.58. The van der Waals surface area contributed by atoms with Crippen molar-refractivity contribution in [3.05, 3.63) is 29.3 Å². The highest BCUT2D eigenvalue weighted by Crippen LogP contribution is 2.23. The van der Waals surface area contributed by atoms with E-state index in [-0.39, 0.29) is 6.61 Å². The number of rotatable bonds is 4. The van der Waals surface area contributed by atoms with Gasteiger partial charge >= 0.3 is 0 Å². The van der Waals surface area contributed by atoms with Crippen molar-refractivity contribution in [2.45, 2.75) is 31.2 Å². The van der Waals surface area contributed by atoms with Crippen molar-refractivity contribution in [2.24, 2.45) is 5.73 Å². The molecule has 3 N–H and O–H groups in total. The molecular weight excluding hydrogens is 206 g/mol. The van der Waals surface area contributed by atoms with E-state index in [4.69, 9.17) is 10.8 Å². The quantitative estimate of drug-likeness (QED) is 0.771. The maximum Gasteiger partial charge on any atom is 0.0616 e. The highest BCUT2D eigenvalue weighted by Gasteiger charge is 2.17. The van der Waals surface area contributed by atoms with E-state index in [0.29, 0.717) is 0 Å². The summed E-state index contributed by atoms with van der Waals surface area (Å²) < 4.78 is 0. The van der Waals surface area contributed by atoms with Gasteiger partial charge in [0.2, 0.25) is 0 Å². The summed E-state index contributed by atoms with van der Waals surface area (Å²) in [6.45, 7) is 6.09. The van der Waals surface area contributed by atoms with Crippen LogP contribution in [0.25, 0.3) is 0 Å². The van der Waals surface area contributed by atoms with Crippen molar-refractivity contribution in [3.63, 3.8) is 0 Å². The average Bonchev–Trinajstić information content (AvgIpc) is 2.20. The topological polar surface area (TPSA) is 46.2 Å². The van der Waals surface area contributed by atoms with Crippen LogP contribution in [0, 0.1) is 13.8 Å². The number of hydrogen-bond donors (Lipinski definition) is 2. The smallest absolute Gasteiger partial charge is 0.0616 e. The Morgan fingerprint density at radius 2 is 2.00 bits per heavy atom. The van der Waals surface area contributed by atoms with Gasteiger partial charge in [-0.15, -0.1) is 11.8 Å². The highest BCUT2D eigenvalue weighted by atomic mass is 32.2. The molecule has 3 heteroatoms. The Balaban J connectivity index is 2.62. The van der Waals surface area contributed by atoms with E-state index < -0.39 is 5.54 Å². The summed E-state index contributed by atoms with van der Waals surface area (Å²) in [5.41, 5.74) is 7.96. The second-order valence-corrected chi connectivity index (χ2v) is 5.40. The van der Waals surface area contributed by atoms with Crippen molar-refractivity contribution < 1.29 is 5.11 Å². The van der Waals surface area contributed by atoms with Gasteiger partial charge in [0.1, 0.15) is 0 Å². The fourth-order valence-electron chi connectivity index (χ4n) is 1.10. The summed E-state index contributed by atoms with van der Waals surface area (Å²) in [7, 11) is 0. The Morgan fingerprint density at radius 1 is 1.33 bits per heavy atom. The first-order chi connectivity index (χ1) is 6.94. The number of aliphatic hydroxyl groups is 1. The van der Waals surface area contributed by atoms with Gasteiger partial charge in [0.15, 0.2) is 0 Å². The molecule has 0 radical (unpaired) electrons. The molecule has 1 unspecified atom stereocenters. The van der Waals surface area contributed by atoms with Crippen LogP contribution < -0.4 is 5.73 Å². The molecule has 0 amide bonds. The summed E-state index contributed by atoms with van der Waals surface area (Å²) >= 11 is 1.69. The molecule has 0 aliphatic rings. The molecule has 0 fully saturated rings. The highest BCUT2D eigenvalue weighted by molar-refractivity contribution is 7.99. The number of aliphatic hydroxyl groups excluding tert-OH is 1. The summed E-state index contributed by atoms with van der Waals surface area (Å²) in [5.74, 6) is 0.728. The van der Waals surface area contributed by atoms with Gasteiger partial charge in [-0.1, -0.05) is 6.07 Å². The molecule has 2 nitrogen and oxygen atoms in total. The van der Waals surface area contributed by atoms with Gasteiger partial charge in [-0.2, -0.15) is 0 Å².